The quantitative estimate of drug-likeness (QED) is 0.492. The summed E-state index contributed by atoms with van der Waals surface area (Å²) in [5.41, 5.74) is 2.46. The highest BCUT2D eigenvalue weighted by molar-refractivity contribution is 8.00. The number of aromatic nitrogens is 2. The van der Waals surface area contributed by atoms with Crippen LogP contribution >= 0.6 is 35.0 Å². The lowest BCUT2D eigenvalue weighted by Gasteiger charge is -2.36. The second-order valence-electron chi connectivity index (χ2n) is 7.80. The Morgan fingerprint density at radius 1 is 1.12 bits per heavy atom. The third-order valence-corrected chi connectivity index (χ3v) is 6.61. The zero-order valence-corrected chi connectivity index (χ0v) is 20.2. The number of nitrogens with zero attached hydrogens (tertiary/aromatic N) is 3. The topological polar surface area (TPSA) is 67.4 Å². The summed E-state index contributed by atoms with van der Waals surface area (Å²) in [6.07, 6.45) is 0.189. The molecule has 32 heavy (non-hydrogen) atoms. The number of hydrogen-bond acceptors (Lipinski definition) is 6. The van der Waals surface area contributed by atoms with Crippen molar-refractivity contribution >= 4 is 57.7 Å². The Labute approximate surface area is 201 Å². The largest absolute Gasteiger partial charge is 0.372 e. The minimum atomic E-state index is -0.106. The van der Waals surface area contributed by atoms with Crippen molar-refractivity contribution in [1.29, 1.82) is 0 Å². The molecule has 1 N–H and O–H groups in total. The average Bonchev–Trinajstić information content (AvgIpc) is 2.75. The van der Waals surface area contributed by atoms with Crippen molar-refractivity contribution in [2.24, 2.45) is 0 Å². The monoisotopic (exact) mass is 490 g/mol. The van der Waals surface area contributed by atoms with Crippen molar-refractivity contribution in [1.82, 2.24) is 15.3 Å². The van der Waals surface area contributed by atoms with Crippen molar-refractivity contribution in [3.8, 4) is 0 Å². The fourth-order valence-electron chi connectivity index (χ4n) is 3.67. The third-order valence-electron chi connectivity index (χ3n) is 5.07. The molecule has 168 valence electrons. The summed E-state index contributed by atoms with van der Waals surface area (Å²) < 4.78 is 5.87. The Bertz CT molecular complexity index is 1120. The molecule has 9 heteroatoms. The van der Waals surface area contributed by atoms with Crippen molar-refractivity contribution in [2.45, 2.75) is 37.6 Å². The number of fused-ring (bicyclic) bond motifs is 1. The molecule has 1 fully saturated rings. The van der Waals surface area contributed by atoms with E-state index >= 15 is 0 Å². The lowest BCUT2D eigenvalue weighted by atomic mass is 10.2. The number of thioether (sulfide) groups is 1. The summed E-state index contributed by atoms with van der Waals surface area (Å²) >= 11 is 13.5. The van der Waals surface area contributed by atoms with Crippen LogP contribution in [0.3, 0.4) is 0 Å². The van der Waals surface area contributed by atoms with Crippen molar-refractivity contribution in [2.75, 3.05) is 23.7 Å². The second-order valence-corrected chi connectivity index (χ2v) is 9.61. The molecule has 0 spiro atoms. The van der Waals surface area contributed by atoms with Crippen LogP contribution < -0.4 is 10.2 Å². The molecule has 1 saturated heterocycles. The van der Waals surface area contributed by atoms with E-state index in [9.17, 15) is 4.79 Å². The van der Waals surface area contributed by atoms with Crippen LogP contribution in [-0.4, -0.2) is 46.9 Å². The first-order valence-corrected chi connectivity index (χ1v) is 12.1. The van der Waals surface area contributed by atoms with Gasteiger partial charge in [-0.1, -0.05) is 53.2 Å². The molecule has 0 saturated carbocycles. The molecule has 0 aliphatic carbocycles. The van der Waals surface area contributed by atoms with Gasteiger partial charge in [0.1, 0.15) is 5.03 Å². The number of carbonyl (C=O) groups is 1. The molecule has 2 atom stereocenters. The fourth-order valence-corrected chi connectivity index (χ4v) is 4.98. The van der Waals surface area contributed by atoms with Gasteiger partial charge in [0, 0.05) is 29.7 Å². The van der Waals surface area contributed by atoms with Crippen LogP contribution in [0.15, 0.2) is 47.5 Å². The zero-order chi connectivity index (χ0) is 22.7. The van der Waals surface area contributed by atoms with Crippen LogP contribution in [0.1, 0.15) is 19.4 Å². The smallest absolute Gasteiger partial charge is 0.230 e. The third kappa shape index (κ3) is 5.64. The summed E-state index contributed by atoms with van der Waals surface area (Å²) in [5.74, 6) is 0.913. The van der Waals surface area contributed by atoms with Gasteiger partial charge in [0.2, 0.25) is 5.91 Å². The number of morpholine rings is 1. The number of benzene rings is 2. The number of rotatable bonds is 6. The highest BCUT2D eigenvalue weighted by Crippen LogP contribution is 2.31. The molecular weight excluding hydrogens is 467 g/mol. The number of nitrogens with one attached hydrogen (secondary N) is 1. The van der Waals surface area contributed by atoms with Crippen molar-refractivity contribution in [3.63, 3.8) is 0 Å². The summed E-state index contributed by atoms with van der Waals surface area (Å²) in [6, 6.07) is 13.0. The lowest BCUT2D eigenvalue weighted by Crippen LogP contribution is -2.46. The average molecular weight is 491 g/mol. The maximum absolute atomic E-state index is 12.5. The van der Waals surface area contributed by atoms with Gasteiger partial charge in [-0.05, 0) is 43.7 Å². The van der Waals surface area contributed by atoms with Gasteiger partial charge in [-0.3, -0.25) is 4.79 Å². The lowest BCUT2D eigenvalue weighted by molar-refractivity contribution is -0.118. The Morgan fingerprint density at radius 2 is 1.81 bits per heavy atom. The molecule has 2 heterocycles. The van der Waals surface area contributed by atoms with E-state index in [0.717, 1.165) is 40.5 Å². The van der Waals surface area contributed by atoms with E-state index in [1.165, 1.54) is 11.8 Å². The van der Waals surface area contributed by atoms with E-state index < -0.39 is 0 Å². The number of ether oxygens (including phenoxy) is 1. The maximum atomic E-state index is 12.5. The predicted octanol–water partition coefficient (Wildman–Crippen LogP) is 4.96. The molecular formula is C23H24Cl2N4O2S. The van der Waals surface area contributed by atoms with Gasteiger partial charge in [0.15, 0.2) is 5.82 Å². The minimum Gasteiger partial charge on any atom is -0.372 e. The minimum absolute atomic E-state index is 0.0947. The second kappa shape index (κ2) is 10.3. The van der Waals surface area contributed by atoms with Crippen molar-refractivity contribution < 1.29 is 9.53 Å². The van der Waals surface area contributed by atoms with Crippen LogP contribution in [0.2, 0.25) is 10.0 Å². The predicted molar refractivity (Wildman–Crippen MR) is 131 cm³/mol. The van der Waals surface area contributed by atoms with E-state index in [0.29, 0.717) is 16.6 Å². The number of halogens is 2. The first kappa shape index (κ1) is 23.1. The molecule has 1 aliphatic heterocycles. The molecule has 6 nitrogen and oxygen atoms in total. The summed E-state index contributed by atoms with van der Waals surface area (Å²) in [6.45, 7) is 5.90. The van der Waals surface area contributed by atoms with Crippen LogP contribution in [0.5, 0.6) is 0 Å². The van der Waals surface area contributed by atoms with E-state index in [1.807, 2.05) is 30.3 Å². The molecule has 1 aromatic heterocycles. The highest BCUT2D eigenvalue weighted by atomic mass is 35.5. The fraction of sp³-hybridized carbons (Fsp3) is 0.348. The molecule has 0 radical (unpaired) electrons. The van der Waals surface area contributed by atoms with Gasteiger partial charge >= 0.3 is 0 Å². The van der Waals surface area contributed by atoms with Gasteiger partial charge in [0.05, 0.1) is 29.0 Å². The van der Waals surface area contributed by atoms with Gasteiger partial charge in [-0.15, -0.1) is 0 Å². The maximum Gasteiger partial charge on any atom is 0.230 e. The Morgan fingerprint density at radius 3 is 2.50 bits per heavy atom. The first-order valence-electron chi connectivity index (χ1n) is 10.4. The number of carbonyl (C=O) groups excluding carboxylic acids is 1. The van der Waals surface area contributed by atoms with E-state index in [-0.39, 0.29) is 23.9 Å². The standard InChI is InChI=1S/C23H24Cl2N4O2S/c1-14-11-29(12-15(2)31-14)22-23(28-20-6-4-3-5-19(20)27-22)32-13-21(30)26-10-16-7-8-17(24)9-18(16)25/h3-9,14-15H,10-13H2,1-2H3,(H,26,30)/t14-,15-/m0/s1. The SMILES string of the molecule is C[C@H]1CN(c2nc3ccccc3nc2SCC(=O)NCc2ccc(Cl)cc2Cl)C[C@H](C)O1. The van der Waals surface area contributed by atoms with E-state index in [2.05, 4.69) is 24.1 Å². The molecule has 3 aromatic rings. The van der Waals surface area contributed by atoms with Crippen LogP contribution in [0.4, 0.5) is 5.82 Å². The Hall–Kier alpha value is -2.06. The van der Waals surface area contributed by atoms with E-state index in [4.69, 9.17) is 37.9 Å². The molecule has 0 bridgehead atoms. The zero-order valence-electron chi connectivity index (χ0n) is 17.8. The van der Waals surface area contributed by atoms with Gasteiger partial charge in [-0.2, -0.15) is 0 Å². The highest BCUT2D eigenvalue weighted by Gasteiger charge is 2.26. The molecule has 1 amide bonds. The van der Waals surface area contributed by atoms with Crippen molar-refractivity contribution in [3.05, 3.63) is 58.1 Å². The first-order chi connectivity index (χ1) is 15.4. The Balaban J connectivity index is 1.49. The molecule has 2 aromatic carbocycles. The normalized spacial score (nSPS) is 18.7. The van der Waals surface area contributed by atoms with Crippen LogP contribution in [0.25, 0.3) is 11.0 Å². The summed E-state index contributed by atoms with van der Waals surface area (Å²) in [4.78, 5) is 24.4. The van der Waals surface area contributed by atoms with Gasteiger partial charge < -0.3 is 15.0 Å². The summed E-state index contributed by atoms with van der Waals surface area (Å²) in [7, 11) is 0. The molecule has 1 aliphatic rings. The Kier molecular flexibility index (Phi) is 7.40. The molecule has 4 rings (SSSR count). The van der Waals surface area contributed by atoms with Crippen LogP contribution in [-0.2, 0) is 16.1 Å². The number of anilines is 1. The number of para-hydroxylation sites is 2. The molecule has 0 unspecified atom stereocenters. The number of hydrogen-bond donors (Lipinski definition) is 1. The van der Waals surface area contributed by atoms with Gasteiger partial charge in [0.25, 0.3) is 0 Å². The number of amides is 1. The van der Waals surface area contributed by atoms with E-state index in [1.54, 1.807) is 12.1 Å². The van der Waals surface area contributed by atoms with Gasteiger partial charge in [-0.25, -0.2) is 9.97 Å². The summed E-state index contributed by atoms with van der Waals surface area (Å²) in [5, 5.41) is 4.75. The van der Waals surface area contributed by atoms with Crippen LogP contribution in [0, 0.1) is 0 Å².